The van der Waals surface area contributed by atoms with Crippen molar-refractivity contribution < 1.29 is 5.11 Å². The predicted molar refractivity (Wildman–Crippen MR) is 20.5 cm³/mol. The van der Waals surface area contributed by atoms with E-state index in [1.54, 1.807) is 0 Å². The van der Waals surface area contributed by atoms with Gasteiger partial charge in [0, 0.05) is 13.0 Å². The quantitative estimate of drug-likeness (QED) is 0.444. The molecule has 0 aromatic rings. The molecule has 0 radical (unpaired) electrons. The van der Waals surface area contributed by atoms with Crippen LogP contribution in [0.3, 0.4) is 0 Å². The van der Waals surface area contributed by atoms with Crippen molar-refractivity contribution in [1.82, 2.24) is 0 Å². The Bertz CT molecular complexity index is 28.1. The molecule has 2 nitrogen and oxygen atoms in total. The topological polar surface area (TPSA) is 44.1 Å². The van der Waals surface area contributed by atoms with Crippen molar-refractivity contribution in [1.29, 1.82) is 5.41 Å². The van der Waals surface area contributed by atoms with Gasteiger partial charge in [-0.05, 0) is 6.21 Å². The van der Waals surface area contributed by atoms with Gasteiger partial charge in [-0.15, -0.1) is 0 Å². The SMILES string of the molecule is N=CCCO. The summed E-state index contributed by atoms with van der Waals surface area (Å²) in [6.07, 6.45) is 1.67. The van der Waals surface area contributed by atoms with Crippen molar-refractivity contribution in [2.75, 3.05) is 6.61 Å². The molecule has 30 valence electrons. The molecule has 0 spiro atoms. The lowest BCUT2D eigenvalue weighted by atomic mass is 10.5. The molecule has 0 atom stereocenters. The second-order valence-electron chi connectivity index (χ2n) is 0.716. The first-order valence-corrected chi connectivity index (χ1v) is 1.51. The molecule has 0 fully saturated rings. The fourth-order valence-electron chi connectivity index (χ4n) is 0.0645. The lowest BCUT2D eigenvalue weighted by Gasteiger charge is -1.72. The van der Waals surface area contributed by atoms with Gasteiger partial charge in [0.2, 0.25) is 0 Å². The van der Waals surface area contributed by atoms with Gasteiger partial charge in [0.25, 0.3) is 0 Å². The molecule has 5 heavy (non-hydrogen) atoms. The second kappa shape index (κ2) is 3.63. The van der Waals surface area contributed by atoms with Gasteiger partial charge in [-0.3, -0.25) is 0 Å². The van der Waals surface area contributed by atoms with E-state index in [-0.39, 0.29) is 6.61 Å². The molecule has 0 aromatic heterocycles. The van der Waals surface area contributed by atoms with Gasteiger partial charge in [0.15, 0.2) is 0 Å². The predicted octanol–water partition coefficient (Wildman–Crippen LogP) is 0.0184. The minimum Gasteiger partial charge on any atom is -0.396 e. The van der Waals surface area contributed by atoms with Gasteiger partial charge in [-0.25, -0.2) is 0 Å². The van der Waals surface area contributed by atoms with Gasteiger partial charge in [0.05, 0.1) is 0 Å². The van der Waals surface area contributed by atoms with Gasteiger partial charge in [-0.2, -0.15) is 0 Å². The van der Waals surface area contributed by atoms with Crippen LogP contribution in [0.1, 0.15) is 6.42 Å². The van der Waals surface area contributed by atoms with Crippen molar-refractivity contribution in [3.63, 3.8) is 0 Å². The van der Waals surface area contributed by atoms with Crippen LogP contribution in [-0.4, -0.2) is 17.9 Å². The number of aliphatic hydroxyl groups is 1. The highest BCUT2D eigenvalue weighted by atomic mass is 16.2. The van der Waals surface area contributed by atoms with Crippen LogP contribution in [0.5, 0.6) is 0 Å². The van der Waals surface area contributed by atoms with E-state index in [2.05, 4.69) is 0 Å². The molecule has 0 rings (SSSR count). The van der Waals surface area contributed by atoms with Crippen molar-refractivity contribution in [2.24, 2.45) is 0 Å². The Kier molecular flexibility index (Phi) is 3.36. The molecule has 0 aliphatic heterocycles. The van der Waals surface area contributed by atoms with Crippen molar-refractivity contribution in [3.8, 4) is 0 Å². The monoisotopic (exact) mass is 73.1 g/mol. The van der Waals surface area contributed by atoms with Crippen LogP contribution in [0.2, 0.25) is 0 Å². The fraction of sp³-hybridized carbons (Fsp3) is 0.667. The number of hydrogen-bond donors (Lipinski definition) is 2. The first-order chi connectivity index (χ1) is 2.41. The summed E-state index contributed by atoms with van der Waals surface area (Å²) in [5, 5.41) is 14.2. The Morgan fingerprint density at radius 1 is 1.80 bits per heavy atom. The molecule has 0 unspecified atom stereocenters. The summed E-state index contributed by atoms with van der Waals surface area (Å²) in [6, 6.07) is 0. The van der Waals surface area contributed by atoms with E-state index in [1.165, 1.54) is 6.21 Å². The third kappa shape index (κ3) is 3.63. The molecule has 0 amide bonds. The van der Waals surface area contributed by atoms with Crippen LogP contribution in [-0.2, 0) is 0 Å². The zero-order valence-corrected chi connectivity index (χ0v) is 2.94. The number of hydrogen-bond acceptors (Lipinski definition) is 2. The lowest BCUT2D eigenvalue weighted by Crippen LogP contribution is -1.78. The van der Waals surface area contributed by atoms with Crippen molar-refractivity contribution >= 4 is 6.21 Å². The minimum atomic E-state index is 0.101. The molecule has 0 aromatic carbocycles. The van der Waals surface area contributed by atoms with E-state index in [4.69, 9.17) is 10.5 Å². The summed E-state index contributed by atoms with van der Waals surface area (Å²) >= 11 is 0. The highest BCUT2D eigenvalue weighted by Crippen LogP contribution is 1.59. The van der Waals surface area contributed by atoms with Crippen LogP contribution < -0.4 is 0 Å². The van der Waals surface area contributed by atoms with Gasteiger partial charge >= 0.3 is 0 Å². The van der Waals surface area contributed by atoms with Gasteiger partial charge in [0.1, 0.15) is 0 Å². The summed E-state index contributed by atoms with van der Waals surface area (Å²) < 4.78 is 0. The van der Waals surface area contributed by atoms with Crippen LogP contribution in [0.4, 0.5) is 0 Å². The minimum absolute atomic E-state index is 0.101. The Balaban J connectivity index is 2.40. The Morgan fingerprint density at radius 2 is 2.40 bits per heavy atom. The molecule has 0 aliphatic rings. The third-order valence-corrected chi connectivity index (χ3v) is 0.273. The molecule has 0 bridgehead atoms. The van der Waals surface area contributed by atoms with Crippen molar-refractivity contribution in [3.05, 3.63) is 0 Å². The molecular formula is C3H7NO. The largest absolute Gasteiger partial charge is 0.396 e. The van der Waals surface area contributed by atoms with E-state index in [1.807, 2.05) is 0 Å². The van der Waals surface area contributed by atoms with Gasteiger partial charge in [-0.1, -0.05) is 0 Å². The highest BCUT2D eigenvalue weighted by molar-refractivity contribution is 5.52. The number of rotatable bonds is 2. The van der Waals surface area contributed by atoms with Crippen LogP contribution >= 0.6 is 0 Å². The average molecular weight is 73.1 g/mol. The van der Waals surface area contributed by atoms with Crippen LogP contribution in [0.15, 0.2) is 0 Å². The summed E-state index contributed by atoms with van der Waals surface area (Å²) in [5.74, 6) is 0. The second-order valence-corrected chi connectivity index (χ2v) is 0.716. The normalized spacial score (nSPS) is 7.40. The van der Waals surface area contributed by atoms with E-state index < -0.39 is 0 Å². The summed E-state index contributed by atoms with van der Waals surface area (Å²) in [7, 11) is 0. The van der Waals surface area contributed by atoms with Gasteiger partial charge < -0.3 is 10.5 Å². The standard InChI is InChI=1S/C3H7NO/c4-2-1-3-5/h2,4-5H,1,3H2. The Labute approximate surface area is 30.9 Å². The number of nitrogens with one attached hydrogen (secondary N) is 1. The smallest absolute Gasteiger partial charge is 0.0480 e. The summed E-state index contributed by atoms with van der Waals surface area (Å²) in [6.45, 7) is 0.101. The zero-order valence-electron chi connectivity index (χ0n) is 2.94. The summed E-state index contributed by atoms with van der Waals surface area (Å²) in [5.41, 5.74) is 0. The molecule has 0 heterocycles. The highest BCUT2D eigenvalue weighted by Gasteiger charge is 1.64. The maximum atomic E-state index is 7.92. The zero-order chi connectivity index (χ0) is 4.12. The first-order valence-electron chi connectivity index (χ1n) is 1.51. The van der Waals surface area contributed by atoms with Crippen molar-refractivity contribution in [2.45, 2.75) is 6.42 Å². The maximum Gasteiger partial charge on any atom is 0.0480 e. The molecule has 0 saturated heterocycles. The molecule has 2 heteroatoms. The Hall–Kier alpha value is -0.370. The first kappa shape index (κ1) is 4.63. The van der Waals surface area contributed by atoms with Crippen LogP contribution in [0, 0.1) is 5.41 Å². The molecule has 0 saturated carbocycles. The van der Waals surface area contributed by atoms with Crippen LogP contribution in [0.25, 0.3) is 0 Å². The Morgan fingerprint density at radius 3 is 2.40 bits per heavy atom. The molecule has 2 N–H and O–H groups in total. The lowest BCUT2D eigenvalue weighted by molar-refractivity contribution is 0.308. The van der Waals surface area contributed by atoms with E-state index in [0.717, 1.165) is 0 Å². The third-order valence-electron chi connectivity index (χ3n) is 0.273. The van der Waals surface area contributed by atoms with E-state index in [9.17, 15) is 0 Å². The molecule has 0 aliphatic carbocycles. The van der Waals surface area contributed by atoms with E-state index in [0.29, 0.717) is 6.42 Å². The number of aliphatic hydroxyl groups excluding tert-OH is 1. The fourth-order valence-corrected chi connectivity index (χ4v) is 0.0645. The summed E-state index contributed by atoms with van der Waals surface area (Å²) in [4.78, 5) is 0. The van der Waals surface area contributed by atoms with E-state index >= 15 is 0 Å². The average Bonchev–Trinajstić information content (AvgIpc) is 1.41. The maximum absolute atomic E-state index is 7.92. The molecular weight excluding hydrogens is 66.0 g/mol.